The number of carbonyl (C=O) groups excluding carboxylic acids is 1. The average Bonchev–Trinajstić information content (AvgIpc) is 3.45. The van der Waals surface area contributed by atoms with Crippen LogP contribution in [-0.2, 0) is 13.0 Å². The number of nitrogens with one attached hydrogen (secondary N) is 2. The van der Waals surface area contributed by atoms with Crippen molar-refractivity contribution < 1.29 is 4.79 Å². The van der Waals surface area contributed by atoms with E-state index < -0.39 is 0 Å². The van der Waals surface area contributed by atoms with Gasteiger partial charge in [0, 0.05) is 46.8 Å². The third kappa shape index (κ3) is 4.41. The third-order valence-corrected chi connectivity index (χ3v) is 7.70. The number of piperidine rings is 1. The van der Waals surface area contributed by atoms with Gasteiger partial charge in [-0.1, -0.05) is 12.1 Å². The number of aromatic amines is 1. The highest BCUT2D eigenvalue weighted by atomic mass is 16.2. The first kappa shape index (κ1) is 21.8. The Balaban J connectivity index is 1.14. The zero-order valence-corrected chi connectivity index (χ0v) is 20.1. The standard InChI is InChI=1S/C29H31N5O/c1-19-5-6-22(17-27(19)32-18-24-4-2-3-12-30-24)29(35)34-25-9-10-26(34)16-20(15-25)14-23-8-7-21-11-13-31-28(21)33-23/h2-8,11-13,17,20,25-26,32H,9-10,14-16,18H2,1H3,(H,31,33). The lowest BCUT2D eigenvalue weighted by atomic mass is 9.86. The van der Waals surface area contributed by atoms with Crippen molar-refractivity contribution >= 4 is 22.6 Å². The number of aromatic nitrogens is 3. The number of carbonyl (C=O) groups is 1. The van der Waals surface area contributed by atoms with Gasteiger partial charge in [-0.25, -0.2) is 4.98 Å². The molecule has 0 radical (unpaired) electrons. The van der Waals surface area contributed by atoms with E-state index in [9.17, 15) is 4.79 Å². The Morgan fingerprint density at radius 3 is 2.71 bits per heavy atom. The van der Waals surface area contributed by atoms with Gasteiger partial charge in [-0.15, -0.1) is 0 Å². The van der Waals surface area contributed by atoms with E-state index in [2.05, 4.69) is 45.3 Å². The first-order valence-corrected chi connectivity index (χ1v) is 12.6. The maximum atomic E-state index is 13.6. The van der Waals surface area contributed by atoms with E-state index in [4.69, 9.17) is 4.98 Å². The molecular weight excluding hydrogens is 434 g/mol. The van der Waals surface area contributed by atoms with Crippen LogP contribution >= 0.6 is 0 Å². The number of nitrogens with zero attached hydrogens (tertiary/aromatic N) is 3. The number of hydrogen-bond acceptors (Lipinski definition) is 4. The van der Waals surface area contributed by atoms with Gasteiger partial charge in [-0.3, -0.25) is 9.78 Å². The first-order chi connectivity index (χ1) is 17.1. The molecule has 3 aromatic heterocycles. The van der Waals surface area contributed by atoms with Crippen molar-refractivity contribution in [3.05, 3.63) is 89.5 Å². The third-order valence-electron chi connectivity index (χ3n) is 7.70. The molecular formula is C29H31N5O. The van der Waals surface area contributed by atoms with Gasteiger partial charge in [0.1, 0.15) is 5.65 Å². The smallest absolute Gasteiger partial charge is 0.254 e. The van der Waals surface area contributed by atoms with Gasteiger partial charge in [0.15, 0.2) is 0 Å². The Morgan fingerprint density at radius 2 is 1.91 bits per heavy atom. The SMILES string of the molecule is Cc1ccc(C(=O)N2C3CCC2CC(Cc2ccc4cc[nH]c4n2)C3)cc1NCc1ccccn1. The number of anilines is 1. The molecule has 35 heavy (non-hydrogen) atoms. The number of fused-ring (bicyclic) bond motifs is 3. The van der Waals surface area contributed by atoms with Crippen LogP contribution in [0.3, 0.4) is 0 Å². The van der Waals surface area contributed by atoms with E-state index >= 15 is 0 Å². The van der Waals surface area contributed by atoms with E-state index in [0.29, 0.717) is 24.5 Å². The van der Waals surface area contributed by atoms with Crippen LogP contribution in [0.4, 0.5) is 5.69 Å². The molecule has 1 amide bonds. The van der Waals surface area contributed by atoms with E-state index in [1.165, 1.54) is 0 Å². The lowest BCUT2D eigenvalue weighted by Gasteiger charge is -2.39. The molecule has 6 rings (SSSR count). The van der Waals surface area contributed by atoms with Crippen LogP contribution in [0.5, 0.6) is 0 Å². The number of hydrogen-bond donors (Lipinski definition) is 2. The maximum Gasteiger partial charge on any atom is 0.254 e. The van der Waals surface area contributed by atoms with Crippen molar-refractivity contribution in [1.82, 2.24) is 19.9 Å². The summed E-state index contributed by atoms with van der Waals surface area (Å²) in [6.45, 7) is 2.71. The minimum atomic E-state index is 0.169. The molecule has 2 N–H and O–H groups in total. The quantitative estimate of drug-likeness (QED) is 0.394. The topological polar surface area (TPSA) is 73.9 Å². The lowest BCUT2D eigenvalue weighted by molar-refractivity contribution is 0.0524. The largest absolute Gasteiger partial charge is 0.379 e. The van der Waals surface area contributed by atoms with Gasteiger partial charge in [-0.2, -0.15) is 0 Å². The highest BCUT2D eigenvalue weighted by molar-refractivity contribution is 5.96. The number of pyridine rings is 2. The number of amides is 1. The molecule has 6 heteroatoms. The summed E-state index contributed by atoms with van der Waals surface area (Å²) in [4.78, 5) is 28.3. The second-order valence-electron chi connectivity index (χ2n) is 10.1. The van der Waals surface area contributed by atoms with E-state index in [0.717, 1.165) is 71.3 Å². The lowest BCUT2D eigenvalue weighted by Crippen LogP contribution is -2.47. The number of benzene rings is 1. The van der Waals surface area contributed by atoms with Gasteiger partial charge in [0.2, 0.25) is 0 Å². The van der Waals surface area contributed by atoms with Crippen LogP contribution < -0.4 is 5.32 Å². The van der Waals surface area contributed by atoms with E-state index in [-0.39, 0.29) is 5.91 Å². The average molecular weight is 466 g/mol. The molecule has 2 atom stereocenters. The molecule has 2 aliphatic rings. The molecule has 0 spiro atoms. The number of aryl methyl sites for hydroxylation is 1. The fraction of sp³-hybridized carbons (Fsp3) is 0.345. The van der Waals surface area contributed by atoms with Gasteiger partial charge in [-0.05, 0) is 93.0 Å². The van der Waals surface area contributed by atoms with E-state index in [1.807, 2.05) is 42.6 Å². The van der Waals surface area contributed by atoms with Gasteiger partial charge in [0.25, 0.3) is 5.91 Å². The van der Waals surface area contributed by atoms with Crippen LogP contribution in [-0.4, -0.2) is 37.8 Å². The van der Waals surface area contributed by atoms with Gasteiger partial charge < -0.3 is 15.2 Å². The molecule has 6 nitrogen and oxygen atoms in total. The summed E-state index contributed by atoms with van der Waals surface area (Å²) in [6, 6.07) is 19.0. The second kappa shape index (κ2) is 9.17. The predicted octanol–water partition coefficient (Wildman–Crippen LogP) is 5.50. The van der Waals surface area contributed by atoms with E-state index in [1.54, 1.807) is 6.20 Å². The van der Waals surface area contributed by atoms with Crippen molar-refractivity contribution in [3.63, 3.8) is 0 Å². The summed E-state index contributed by atoms with van der Waals surface area (Å²) in [7, 11) is 0. The summed E-state index contributed by atoms with van der Waals surface area (Å²) < 4.78 is 0. The Kier molecular flexibility index (Phi) is 5.72. The Bertz CT molecular complexity index is 1330. The fourth-order valence-electron chi connectivity index (χ4n) is 5.95. The minimum Gasteiger partial charge on any atom is -0.379 e. The number of H-pyrrole nitrogens is 1. The van der Waals surface area contributed by atoms with Crippen LogP contribution in [0.15, 0.2) is 67.0 Å². The summed E-state index contributed by atoms with van der Waals surface area (Å²) in [5, 5.41) is 4.62. The van der Waals surface area contributed by atoms with Crippen LogP contribution in [0.1, 0.15) is 53.0 Å². The van der Waals surface area contributed by atoms with Gasteiger partial charge >= 0.3 is 0 Å². The molecule has 1 aromatic carbocycles. The maximum absolute atomic E-state index is 13.6. The molecule has 2 bridgehead atoms. The molecule has 0 aliphatic carbocycles. The van der Waals surface area contributed by atoms with Crippen molar-refractivity contribution in [2.45, 2.75) is 57.7 Å². The van der Waals surface area contributed by atoms with Crippen molar-refractivity contribution in [2.75, 3.05) is 5.32 Å². The molecule has 4 aromatic rings. The molecule has 2 unspecified atom stereocenters. The summed E-state index contributed by atoms with van der Waals surface area (Å²) in [5.74, 6) is 0.743. The predicted molar refractivity (Wildman–Crippen MR) is 138 cm³/mol. The summed E-state index contributed by atoms with van der Waals surface area (Å²) in [5.41, 5.74) is 5.98. The fourth-order valence-corrected chi connectivity index (χ4v) is 5.95. The first-order valence-electron chi connectivity index (χ1n) is 12.6. The molecule has 178 valence electrons. The molecule has 0 saturated carbocycles. The number of rotatable bonds is 6. The zero-order valence-electron chi connectivity index (χ0n) is 20.1. The summed E-state index contributed by atoms with van der Waals surface area (Å²) >= 11 is 0. The van der Waals surface area contributed by atoms with Gasteiger partial charge in [0.05, 0.1) is 12.2 Å². The molecule has 5 heterocycles. The Hall–Kier alpha value is -3.67. The Morgan fingerprint density at radius 1 is 1.06 bits per heavy atom. The highest BCUT2D eigenvalue weighted by Crippen LogP contribution is 2.41. The Labute approximate surface area is 205 Å². The molecule has 2 fully saturated rings. The van der Waals surface area contributed by atoms with Crippen molar-refractivity contribution in [3.8, 4) is 0 Å². The zero-order chi connectivity index (χ0) is 23.8. The minimum absolute atomic E-state index is 0.169. The van der Waals surface area contributed by atoms with Crippen LogP contribution in [0.25, 0.3) is 11.0 Å². The monoisotopic (exact) mass is 465 g/mol. The van der Waals surface area contributed by atoms with Crippen LogP contribution in [0.2, 0.25) is 0 Å². The summed E-state index contributed by atoms with van der Waals surface area (Å²) in [6.07, 6.45) is 9.05. The van der Waals surface area contributed by atoms with Crippen molar-refractivity contribution in [2.24, 2.45) is 5.92 Å². The molecule has 2 aliphatic heterocycles. The van der Waals surface area contributed by atoms with Crippen LogP contribution in [0, 0.1) is 12.8 Å². The second-order valence-corrected chi connectivity index (χ2v) is 10.1. The highest BCUT2D eigenvalue weighted by Gasteiger charge is 2.43. The van der Waals surface area contributed by atoms with Crippen molar-refractivity contribution in [1.29, 1.82) is 0 Å². The normalized spacial score (nSPS) is 21.4. The molecule has 2 saturated heterocycles.